The van der Waals surface area contributed by atoms with Crippen LogP contribution in [0.25, 0.3) is 0 Å². The molecule has 2 aromatic heterocycles. The Bertz CT molecular complexity index is 533. The molecule has 4 N–H and O–H groups in total. The van der Waals surface area contributed by atoms with Crippen LogP contribution in [0.4, 0.5) is 5.69 Å². The zero-order chi connectivity index (χ0) is 11.7. The lowest BCUT2D eigenvalue weighted by atomic mass is 10.4. The maximum atomic E-state index is 11.0. The Labute approximate surface area is 104 Å². The molecule has 84 valence electrons. The van der Waals surface area contributed by atoms with Crippen molar-refractivity contribution in [2.75, 3.05) is 5.73 Å². The average Bonchev–Trinajstić information content (AvgIpc) is 2.73. The lowest BCUT2D eigenvalue weighted by Gasteiger charge is -1.96. The van der Waals surface area contributed by atoms with Crippen LogP contribution in [0, 0.1) is 0 Å². The summed E-state index contributed by atoms with van der Waals surface area (Å²) in [6.07, 6.45) is 1.60. The number of nitrogens with zero attached hydrogens (tertiary/aromatic N) is 2. The molecule has 1 amide bonds. The third-order valence-electron chi connectivity index (χ3n) is 1.97. The summed E-state index contributed by atoms with van der Waals surface area (Å²) < 4.78 is 2.66. The first kappa shape index (κ1) is 11.2. The number of aromatic nitrogens is 2. The van der Waals surface area contributed by atoms with E-state index < -0.39 is 5.91 Å². The number of nitrogen functional groups attached to an aromatic ring is 1. The molecule has 0 atom stereocenters. The van der Waals surface area contributed by atoms with Crippen LogP contribution in [0.5, 0.6) is 0 Å². The highest BCUT2D eigenvalue weighted by molar-refractivity contribution is 9.11. The van der Waals surface area contributed by atoms with Crippen LogP contribution in [-0.4, -0.2) is 15.7 Å². The minimum absolute atomic E-state index is 0.121. The van der Waals surface area contributed by atoms with Crippen molar-refractivity contribution in [1.82, 2.24) is 9.78 Å². The molecule has 2 rings (SSSR count). The van der Waals surface area contributed by atoms with E-state index in [0.29, 0.717) is 12.2 Å². The maximum Gasteiger partial charge on any atom is 0.271 e. The quantitative estimate of drug-likeness (QED) is 0.899. The fraction of sp³-hybridized carbons (Fsp3) is 0.111. The molecule has 0 radical (unpaired) electrons. The van der Waals surface area contributed by atoms with Gasteiger partial charge in [-0.05, 0) is 28.1 Å². The first-order valence-corrected chi connectivity index (χ1v) is 6.04. The molecule has 0 aliphatic carbocycles. The second-order valence-electron chi connectivity index (χ2n) is 3.20. The molecule has 0 unspecified atom stereocenters. The van der Waals surface area contributed by atoms with Crippen molar-refractivity contribution in [2.45, 2.75) is 6.54 Å². The number of rotatable bonds is 3. The Morgan fingerprint density at radius 2 is 2.31 bits per heavy atom. The van der Waals surface area contributed by atoms with Crippen LogP contribution < -0.4 is 11.5 Å². The lowest BCUT2D eigenvalue weighted by molar-refractivity contribution is 0.0995. The third-order valence-corrected chi connectivity index (χ3v) is 3.58. The fourth-order valence-corrected chi connectivity index (χ4v) is 2.78. The summed E-state index contributed by atoms with van der Waals surface area (Å²) in [5.74, 6) is -0.608. The molecule has 16 heavy (non-hydrogen) atoms. The van der Waals surface area contributed by atoms with Gasteiger partial charge in [0, 0.05) is 11.1 Å². The number of halogens is 1. The van der Waals surface area contributed by atoms with E-state index in [1.165, 1.54) is 0 Å². The van der Waals surface area contributed by atoms with Crippen molar-refractivity contribution in [2.24, 2.45) is 5.73 Å². The molecule has 7 heteroatoms. The van der Waals surface area contributed by atoms with Crippen molar-refractivity contribution in [3.05, 3.63) is 32.7 Å². The van der Waals surface area contributed by atoms with Crippen LogP contribution in [0.2, 0.25) is 0 Å². The van der Waals surface area contributed by atoms with Crippen LogP contribution in [0.1, 0.15) is 15.4 Å². The second-order valence-corrected chi connectivity index (χ2v) is 5.75. The summed E-state index contributed by atoms with van der Waals surface area (Å²) in [6, 6.07) is 3.94. The van der Waals surface area contributed by atoms with Gasteiger partial charge in [-0.2, -0.15) is 5.10 Å². The number of hydrogen-bond donors (Lipinski definition) is 2. The van der Waals surface area contributed by atoms with Gasteiger partial charge >= 0.3 is 0 Å². The second kappa shape index (κ2) is 4.26. The molecule has 2 heterocycles. The molecule has 0 aliphatic rings. The predicted molar refractivity (Wildman–Crippen MR) is 66.3 cm³/mol. The number of nitrogens with two attached hydrogens (primary N) is 2. The van der Waals surface area contributed by atoms with Crippen molar-refractivity contribution in [3.8, 4) is 0 Å². The Balaban J connectivity index is 2.22. The third kappa shape index (κ3) is 2.25. The highest BCUT2D eigenvalue weighted by atomic mass is 79.9. The first-order chi connectivity index (χ1) is 7.56. The van der Waals surface area contributed by atoms with E-state index in [1.807, 2.05) is 12.1 Å². The van der Waals surface area contributed by atoms with Gasteiger partial charge in [0.05, 0.1) is 16.0 Å². The Morgan fingerprint density at radius 1 is 1.56 bits per heavy atom. The number of thiophene rings is 1. The van der Waals surface area contributed by atoms with Crippen LogP contribution >= 0.6 is 27.3 Å². The zero-order valence-electron chi connectivity index (χ0n) is 8.18. The molecule has 2 aromatic rings. The number of anilines is 1. The minimum atomic E-state index is -0.608. The summed E-state index contributed by atoms with van der Waals surface area (Å²) in [7, 11) is 0. The largest absolute Gasteiger partial charge is 0.396 e. The topological polar surface area (TPSA) is 86.9 Å². The average molecular weight is 301 g/mol. The van der Waals surface area contributed by atoms with Gasteiger partial charge < -0.3 is 11.5 Å². The van der Waals surface area contributed by atoms with Gasteiger partial charge in [-0.3, -0.25) is 9.48 Å². The van der Waals surface area contributed by atoms with Gasteiger partial charge in [-0.15, -0.1) is 11.3 Å². The Morgan fingerprint density at radius 3 is 2.81 bits per heavy atom. The highest BCUT2D eigenvalue weighted by Crippen LogP contribution is 2.23. The van der Waals surface area contributed by atoms with E-state index in [4.69, 9.17) is 11.5 Å². The van der Waals surface area contributed by atoms with Crippen molar-refractivity contribution in [1.29, 1.82) is 0 Å². The fourth-order valence-electron chi connectivity index (χ4n) is 1.31. The number of primary amides is 1. The lowest BCUT2D eigenvalue weighted by Crippen LogP contribution is -2.14. The summed E-state index contributed by atoms with van der Waals surface area (Å²) in [5.41, 5.74) is 11.2. The Kier molecular flexibility index (Phi) is 2.97. The number of amides is 1. The van der Waals surface area contributed by atoms with Crippen molar-refractivity contribution in [3.63, 3.8) is 0 Å². The first-order valence-electron chi connectivity index (χ1n) is 4.43. The van der Waals surface area contributed by atoms with Crippen molar-refractivity contribution < 1.29 is 4.79 Å². The number of carbonyl (C=O) groups is 1. The standard InChI is InChI=1S/C9H9BrN4OS/c10-7-2-1-5(16-7)3-14-4-6(11)8(13-14)9(12)15/h1-2,4H,3,11H2,(H2,12,15). The maximum absolute atomic E-state index is 11.0. The molecule has 0 saturated carbocycles. The number of hydrogen-bond acceptors (Lipinski definition) is 4. The minimum Gasteiger partial charge on any atom is -0.396 e. The van der Waals surface area contributed by atoms with Gasteiger partial charge in [-0.25, -0.2) is 0 Å². The van der Waals surface area contributed by atoms with Gasteiger partial charge in [-0.1, -0.05) is 0 Å². The van der Waals surface area contributed by atoms with E-state index in [2.05, 4.69) is 21.0 Å². The number of carbonyl (C=O) groups excluding carboxylic acids is 1. The molecular formula is C9H9BrN4OS. The monoisotopic (exact) mass is 300 g/mol. The van der Waals surface area contributed by atoms with Crippen LogP contribution in [-0.2, 0) is 6.54 Å². The van der Waals surface area contributed by atoms with Gasteiger partial charge in [0.2, 0.25) is 0 Å². The Hall–Kier alpha value is -1.34. The normalized spacial score (nSPS) is 10.6. The molecule has 0 aromatic carbocycles. The van der Waals surface area contributed by atoms with Crippen LogP contribution in [0.3, 0.4) is 0 Å². The summed E-state index contributed by atoms with van der Waals surface area (Å²) in [4.78, 5) is 12.1. The zero-order valence-corrected chi connectivity index (χ0v) is 10.6. The van der Waals surface area contributed by atoms with E-state index in [0.717, 1.165) is 8.66 Å². The summed E-state index contributed by atoms with van der Waals surface area (Å²) in [6.45, 7) is 0.577. The molecular weight excluding hydrogens is 292 g/mol. The molecule has 0 fully saturated rings. The summed E-state index contributed by atoms with van der Waals surface area (Å²) in [5, 5.41) is 4.02. The molecule has 0 aliphatic heterocycles. The van der Waals surface area contributed by atoms with Crippen LogP contribution in [0.15, 0.2) is 22.1 Å². The molecule has 0 spiro atoms. The molecule has 5 nitrogen and oxygen atoms in total. The molecule has 0 saturated heterocycles. The smallest absolute Gasteiger partial charge is 0.271 e. The molecule has 0 bridgehead atoms. The van der Waals surface area contributed by atoms with E-state index in [9.17, 15) is 4.79 Å². The van der Waals surface area contributed by atoms with Crippen molar-refractivity contribution >= 4 is 38.9 Å². The highest BCUT2D eigenvalue weighted by Gasteiger charge is 2.11. The summed E-state index contributed by atoms with van der Waals surface area (Å²) >= 11 is 4.98. The van der Waals surface area contributed by atoms with E-state index in [1.54, 1.807) is 22.2 Å². The van der Waals surface area contributed by atoms with Gasteiger partial charge in [0.1, 0.15) is 0 Å². The van der Waals surface area contributed by atoms with Gasteiger partial charge in [0.15, 0.2) is 5.69 Å². The predicted octanol–water partition coefficient (Wildman–Crippen LogP) is 1.44. The van der Waals surface area contributed by atoms with E-state index in [-0.39, 0.29) is 5.69 Å². The SMILES string of the molecule is NC(=O)c1nn(Cc2ccc(Br)s2)cc1N. The van der Waals surface area contributed by atoms with Gasteiger partial charge in [0.25, 0.3) is 5.91 Å². The van der Waals surface area contributed by atoms with E-state index >= 15 is 0 Å².